The third-order valence-corrected chi connectivity index (χ3v) is 3.92. The Labute approximate surface area is 49.1 Å². The number of carbonyl (C=O) groups is 1. The Morgan fingerprint density at radius 3 is 2.14 bits per heavy atom. The summed E-state index contributed by atoms with van der Waals surface area (Å²) in [5, 5.41) is 1.11. The second kappa shape index (κ2) is 3.24. The lowest BCUT2D eigenvalue weighted by molar-refractivity contribution is -0.110. The first kappa shape index (κ1) is 7.20. The molecule has 0 heterocycles. The maximum Gasteiger partial charge on any atom is 0.361 e. The summed E-state index contributed by atoms with van der Waals surface area (Å²) in [6, 6.07) is 0. The van der Waals surface area contributed by atoms with Crippen molar-refractivity contribution in [2.75, 3.05) is 0 Å². The van der Waals surface area contributed by atoms with Crippen LogP contribution in [0.5, 0.6) is 0 Å². The van der Waals surface area contributed by atoms with Crippen LogP contribution in [0, 0.1) is 0 Å². The summed E-state index contributed by atoms with van der Waals surface area (Å²) in [6.07, 6.45) is 0. The molecule has 0 aromatic carbocycles. The largest absolute Gasteiger partial charge is 0.361 e. The Hall–Kier alpha value is 0.202. The lowest BCUT2D eigenvalue weighted by Crippen LogP contribution is -2.16. The zero-order valence-corrected chi connectivity index (χ0v) is 6.35. The molecule has 0 aliphatic heterocycles. The van der Waals surface area contributed by atoms with Gasteiger partial charge in [0.05, 0.1) is 0 Å². The molecule has 0 aliphatic rings. The van der Waals surface area contributed by atoms with Crippen LogP contribution in [0.3, 0.4) is 0 Å². The zero-order valence-electron chi connectivity index (χ0n) is 5.19. The Balaban J connectivity index is 3.34. The summed E-state index contributed by atoms with van der Waals surface area (Å²) in [6.45, 7) is 3.78. The van der Waals surface area contributed by atoms with Crippen LogP contribution in [0.1, 0.15) is 13.8 Å². The maximum atomic E-state index is 10.4. The van der Waals surface area contributed by atoms with Crippen LogP contribution in [0.2, 0.25) is 11.1 Å². The molecule has 2 heteroatoms. The molecule has 0 unspecified atom stereocenters. The van der Waals surface area contributed by atoms with Crippen molar-refractivity contribution in [2.24, 2.45) is 0 Å². The van der Waals surface area contributed by atoms with E-state index in [0.717, 1.165) is 5.28 Å². The highest BCUT2D eigenvalue weighted by Gasteiger charge is 2.11. The molecule has 0 amide bonds. The molecule has 0 aliphatic carbocycles. The van der Waals surface area contributed by atoms with E-state index in [1.54, 1.807) is 6.92 Å². The molecular weight excluding hydrogens is 103 g/mol. The van der Waals surface area contributed by atoms with Gasteiger partial charge in [-0.1, -0.05) is 18.0 Å². The van der Waals surface area contributed by atoms with Crippen molar-refractivity contribution >= 4 is 18.8 Å². The standard InChI is InChI=1S/C2H3O.C2H5.CH3.Al/c1-2-3;1-2;;/h1H3;1H2,2H3;1H3;. The monoisotopic (exact) mass is 114 g/mol. The summed E-state index contributed by atoms with van der Waals surface area (Å²) in [4.78, 5) is 10.4. The van der Waals surface area contributed by atoms with E-state index in [1.165, 1.54) is 0 Å². The van der Waals surface area contributed by atoms with Crippen molar-refractivity contribution in [1.82, 2.24) is 0 Å². The normalized spacial score (nSPS) is 8.43. The van der Waals surface area contributed by atoms with Gasteiger partial charge in [-0.2, -0.15) is 0 Å². The fourth-order valence-electron chi connectivity index (χ4n) is 0.287. The third kappa shape index (κ3) is 2.85. The fourth-order valence-corrected chi connectivity index (χ4v) is 0.862. The Morgan fingerprint density at radius 2 is 2.14 bits per heavy atom. The lowest BCUT2D eigenvalue weighted by Gasteiger charge is -1.90. The molecule has 0 spiro atoms. The highest BCUT2D eigenvalue weighted by Crippen LogP contribution is 1.89. The molecule has 7 heavy (non-hydrogen) atoms. The molecule has 0 bridgehead atoms. The van der Waals surface area contributed by atoms with Gasteiger partial charge in [0.1, 0.15) is 0 Å². The molecule has 0 fully saturated rings. The van der Waals surface area contributed by atoms with Gasteiger partial charge in [0.15, 0.2) is 0 Å². The van der Waals surface area contributed by atoms with Crippen LogP contribution >= 0.6 is 0 Å². The Kier molecular flexibility index (Phi) is 3.33. The summed E-state index contributed by atoms with van der Waals surface area (Å²) in [5.74, 6) is 2.09. The van der Waals surface area contributed by atoms with Crippen molar-refractivity contribution in [3.63, 3.8) is 0 Å². The van der Waals surface area contributed by atoms with Crippen molar-refractivity contribution < 1.29 is 4.79 Å². The second-order valence-electron chi connectivity index (χ2n) is 1.92. The van der Waals surface area contributed by atoms with E-state index < -0.39 is 14.1 Å². The minimum atomic E-state index is -0.894. The summed E-state index contributed by atoms with van der Waals surface area (Å²) in [7, 11) is 0. The van der Waals surface area contributed by atoms with Crippen LogP contribution in [-0.2, 0) is 4.79 Å². The number of rotatable bonds is 2. The van der Waals surface area contributed by atoms with Crippen LogP contribution in [-0.4, -0.2) is 18.8 Å². The topological polar surface area (TPSA) is 17.1 Å². The first-order valence-corrected chi connectivity index (χ1v) is 5.23. The molecule has 0 rings (SSSR count). The fraction of sp³-hybridized carbons (Fsp3) is 0.800. The SMILES string of the molecule is C[CH2][Al]([CH3])[C](C)=O. The molecule has 0 radical (unpaired) electrons. The van der Waals surface area contributed by atoms with Crippen molar-refractivity contribution in [3.8, 4) is 0 Å². The smallest absolute Gasteiger partial charge is 0.321 e. The zero-order chi connectivity index (χ0) is 5.86. The average molecular weight is 114 g/mol. The van der Waals surface area contributed by atoms with Gasteiger partial charge in [-0.05, 0) is 6.92 Å². The van der Waals surface area contributed by atoms with Crippen molar-refractivity contribution in [3.05, 3.63) is 0 Å². The van der Waals surface area contributed by atoms with Crippen LogP contribution in [0.15, 0.2) is 0 Å². The van der Waals surface area contributed by atoms with Gasteiger partial charge in [0, 0.05) is 4.65 Å². The Morgan fingerprint density at radius 1 is 1.71 bits per heavy atom. The highest BCUT2D eigenvalue weighted by molar-refractivity contribution is 6.88. The molecule has 40 valence electrons. The predicted octanol–water partition coefficient (Wildman–Crippen LogP) is 1.26. The van der Waals surface area contributed by atoms with E-state index >= 15 is 0 Å². The van der Waals surface area contributed by atoms with Gasteiger partial charge in [0.2, 0.25) is 0 Å². The van der Waals surface area contributed by atoms with E-state index in [-0.39, 0.29) is 0 Å². The van der Waals surface area contributed by atoms with Crippen LogP contribution in [0.4, 0.5) is 0 Å². The van der Waals surface area contributed by atoms with Gasteiger partial charge in [-0.25, -0.2) is 0 Å². The molecule has 0 aromatic rings. The predicted molar refractivity (Wildman–Crippen MR) is 32.8 cm³/mol. The Bertz CT molecular complexity index is 70.5. The quantitative estimate of drug-likeness (QED) is 0.494. The lowest BCUT2D eigenvalue weighted by atomic mass is 10.9. The number of hydrogen-bond donors (Lipinski definition) is 0. The van der Waals surface area contributed by atoms with Crippen LogP contribution < -0.4 is 0 Å². The molecule has 1 nitrogen and oxygen atoms in total. The average Bonchev–Trinajstić information content (AvgIpc) is 1.65. The molecular formula is C5H11AlO. The second-order valence-corrected chi connectivity index (χ2v) is 5.35. The maximum absolute atomic E-state index is 10.4. The molecule has 0 aromatic heterocycles. The summed E-state index contributed by atoms with van der Waals surface area (Å²) < 4.78 is 0.433. The molecule has 0 saturated carbocycles. The highest BCUT2D eigenvalue weighted by atomic mass is 27.2. The molecule has 0 saturated heterocycles. The molecule has 0 atom stereocenters. The van der Waals surface area contributed by atoms with Crippen molar-refractivity contribution in [2.45, 2.75) is 24.9 Å². The first-order chi connectivity index (χ1) is 3.18. The number of hydrogen-bond acceptors (Lipinski definition) is 1. The minimum absolute atomic E-state index is 0.433. The first-order valence-electron chi connectivity index (χ1n) is 2.69. The van der Waals surface area contributed by atoms with Gasteiger partial charge < -0.3 is 4.79 Å². The van der Waals surface area contributed by atoms with Gasteiger partial charge in [-0.3, -0.25) is 0 Å². The third-order valence-electron chi connectivity index (χ3n) is 1.31. The molecule has 0 N–H and O–H groups in total. The van der Waals surface area contributed by atoms with E-state index in [1.807, 2.05) is 0 Å². The van der Waals surface area contributed by atoms with Crippen LogP contribution in [0.25, 0.3) is 0 Å². The summed E-state index contributed by atoms with van der Waals surface area (Å²) in [5.41, 5.74) is 0. The van der Waals surface area contributed by atoms with E-state index in [9.17, 15) is 4.79 Å². The van der Waals surface area contributed by atoms with Crippen molar-refractivity contribution in [1.29, 1.82) is 0 Å². The van der Waals surface area contributed by atoms with Gasteiger partial charge >= 0.3 is 14.1 Å². The minimum Gasteiger partial charge on any atom is -0.321 e. The van der Waals surface area contributed by atoms with E-state index in [4.69, 9.17) is 0 Å². The van der Waals surface area contributed by atoms with E-state index in [2.05, 4.69) is 12.7 Å². The van der Waals surface area contributed by atoms with Gasteiger partial charge in [-0.15, -0.1) is 0 Å². The number of carbonyl (C=O) groups excluding carboxylic acids is 1. The summed E-state index contributed by atoms with van der Waals surface area (Å²) >= 11 is -0.894. The van der Waals surface area contributed by atoms with E-state index in [0.29, 0.717) is 4.65 Å². The van der Waals surface area contributed by atoms with Gasteiger partial charge in [0.25, 0.3) is 0 Å².